The fourth-order valence-electron chi connectivity index (χ4n) is 2.09. The van der Waals surface area contributed by atoms with Crippen LogP contribution in [0.4, 0.5) is 0 Å². The van der Waals surface area contributed by atoms with Crippen molar-refractivity contribution in [2.45, 2.75) is 52.9 Å². The van der Waals surface area contributed by atoms with Crippen LogP contribution in [-0.2, 0) is 6.42 Å². The zero-order chi connectivity index (χ0) is 12.9. The number of hydrogen-bond acceptors (Lipinski definition) is 0. The van der Waals surface area contributed by atoms with Crippen molar-refractivity contribution in [2.75, 3.05) is 0 Å². The van der Waals surface area contributed by atoms with Crippen molar-refractivity contribution in [3.8, 4) is 5.92 Å². The molecule has 1 rings (SSSR count). The summed E-state index contributed by atoms with van der Waals surface area (Å²) >= 11 is 0. The highest BCUT2D eigenvalue weighted by Crippen LogP contribution is 2.24. The molecule has 1 radical (unpaired) electrons. The first-order chi connectivity index (χ1) is 7.96. The van der Waals surface area contributed by atoms with E-state index < -0.39 is 0 Å². The van der Waals surface area contributed by atoms with Crippen LogP contribution in [0.2, 0.25) is 0 Å². The normalized spacial score (nSPS) is 13.1. The molecule has 0 N–H and O–H groups in total. The molecule has 0 saturated heterocycles. The van der Waals surface area contributed by atoms with Crippen LogP contribution in [0.15, 0.2) is 24.3 Å². The third-order valence-corrected chi connectivity index (χ3v) is 2.87. The van der Waals surface area contributed by atoms with E-state index in [1.807, 2.05) is 0 Å². The first-order valence-electron chi connectivity index (χ1n) is 6.47. The quantitative estimate of drug-likeness (QED) is 0.651. The lowest BCUT2D eigenvalue weighted by Crippen LogP contribution is -2.09. The molecular formula is C17H23. The summed E-state index contributed by atoms with van der Waals surface area (Å²) in [5.41, 5.74) is 2.93. The van der Waals surface area contributed by atoms with Gasteiger partial charge in [-0.05, 0) is 35.8 Å². The second-order valence-electron chi connectivity index (χ2n) is 5.96. The van der Waals surface area contributed by atoms with Gasteiger partial charge in [0.2, 0.25) is 0 Å². The van der Waals surface area contributed by atoms with Gasteiger partial charge in [0.05, 0.1) is 0 Å². The predicted octanol–water partition coefficient (Wildman–Crippen LogP) is 4.75. The van der Waals surface area contributed by atoms with Crippen LogP contribution in [0, 0.1) is 17.8 Å². The lowest BCUT2D eigenvalue weighted by molar-refractivity contribution is 0.411. The third kappa shape index (κ3) is 4.65. The predicted molar refractivity (Wildman–Crippen MR) is 74.4 cm³/mol. The Morgan fingerprint density at radius 2 is 1.76 bits per heavy atom. The molecule has 0 fully saturated rings. The van der Waals surface area contributed by atoms with Gasteiger partial charge >= 0.3 is 0 Å². The van der Waals surface area contributed by atoms with Crippen LogP contribution in [-0.4, -0.2) is 0 Å². The summed E-state index contributed by atoms with van der Waals surface area (Å²) in [5.74, 6) is 2.81. The van der Waals surface area contributed by atoms with E-state index in [0.717, 1.165) is 19.3 Å². The molecule has 1 aromatic carbocycles. The third-order valence-electron chi connectivity index (χ3n) is 2.87. The molecule has 17 heavy (non-hydrogen) atoms. The number of rotatable bonds is 4. The average molecular weight is 227 g/mol. The molecule has 1 unspecified atom stereocenters. The minimum Gasteiger partial charge on any atom is -0.0809 e. The summed E-state index contributed by atoms with van der Waals surface area (Å²) in [5, 5.41) is 0. The largest absolute Gasteiger partial charge is 0.0809 e. The van der Waals surface area contributed by atoms with Crippen LogP contribution in [0.3, 0.4) is 0 Å². The average Bonchev–Trinajstić information content (AvgIpc) is 2.25. The molecule has 0 bridgehead atoms. The van der Waals surface area contributed by atoms with Gasteiger partial charge < -0.3 is 0 Å². The van der Waals surface area contributed by atoms with Gasteiger partial charge in [0.25, 0.3) is 0 Å². The first kappa shape index (κ1) is 13.8. The van der Waals surface area contributed by atoms with Gasteiger partial charge in [-0.1, -0.05) is 64.3 Å². The Morgan fingerprint density at radius 3 is 2.18 bits per heavy atom. The summed E-state index contributed by atoms with van der Waals surface area (Å²) < 4.78 is 0. The van der Waals surface area contributed by atoms with Crippen LogP contribution < -0.4 is 0 Å². The molecule has 0 heterocycles. The summed E-state index contributed by atoms with van der Waals surface area (Å²) in [4.78, 5) is 0. The molecule has 0 saturated carbocycles. The summed E-state index contributed by atoms with van der Waals surface area (Å²) in [6, 6.07) is 8.70. The van der Waals surface area contributed by atoms with Crippen LogP contribution in [0.5, 0.6) is 0 Å². The molecule has 1 aromatic rings. The summed E-state index contributed by atoms with van der Waals surface area (Å²) in [7, 11) is 0. The van der Waals surface area contributed by atoms with E-state index in [0.29, 0.717) is 5.41 Å². The van der Waals surface area contributed by atoms with Crippen LogP contribution >= 0.6 is 0 Å². The molecular weight excluding hydrogens is 204 g/mol. The zero-order valence-electron chi connectivity index (χ0n) is 11.5. The highest BCUT2D eigenvalue weighted by molar-refractivity contribution is 5.29. The lowest BCUT2D eigenvalue weighted by Gasteiger charge is -2.18. The Morgan fingerprint density at radius 1 is 1.18 bits per heavy atom. The second kappa shape index (κ2) is 5.92. The van der Waals surface area contributed by atoms with E-state index in [2.05, 4.69) is 57.9 Å². The molecule has 0 spiro atoms. The maximum Gasteiger partial charge on any atom is 0.0462 e. The van der Waals surface area contributed by atoms with Gasteiger partial charge in [0, 0.05) is 5.92 Å². The van der Waals surface area contributed by atoms with Crippen molar-refractivity contribution in [1.29, 1.82) is 0 Å². The maximum absolute atomic E-state index is 7.35. The molecule has 0 aliphatic heterocycles. The maximum atomic E-state index is 7.35. The molecule has 0 nitrogen and oxygen atoms in total. The van der Waals surface area contributed by atoms with E-state index in [1.54, 1.807) is 0 Å². The Hall–Kier alpha value is -1.22. The molecule has 0 heteroatoms. The highest BCUT2D eigenvalue weighted by Gasteiger charge is 2.12. The Balaban J connectivity index is 2.77. The monoisotopic (exact) mass is 227 g/mol. The highest BCUT2D eigenvalue weighted by atomic mass is 14.2. The minimum atomic E-state index is 0.170. The van der Waals surface area contributed by atoms with Gasteiger partial charge in [-0.2, -0.15) is 0 Å². The van der Waals surface area contributed by atoms with E-state index in [1.165, 1.54) is 11.1 Å². The van der Waals surface area contributed by atoms with E-state index in [9.17, 15) is 0 Å². The molecule has 0 amide bonds. The SMILES string of the molecule is [C]#CC(CCC)c1ccc(CC(C)(C)C)cc1. The second-order valence-corrected chi connectivity index (χ2v) is 5.96. The minimum absolute atomic E-state index is 0.170. The Bertz CT molecular complexity index is 370. The molecule has 1 atom stereocenters. The van der Waals surface area contributed by atoms with E-state index in [4.69, 9.17) is 6.42 Å². The zero-order valence-corrected chi connectivity index (χ0v) is 11.5. The topological polar surface area (TPSA) is 0 Å². The van der Waals surface area contributed by atoms with Crippen molar-refractivity contribution in [3.63, 3.8) is 0 Å². The molecule has 0 aromatic heterocycles. The van der Waals surface area contributed by atoms with Crippen molar-refractivity contribution in [3.05, 3.63) is 41.8 Å². The van der Waals surface area contributed by atoms with Crippen molar-refractivity contribution >= 4 is 0 Å². The fourth-order valence-corrected chi connectivity index (χ4v) is 2.09. The summed E-state index contributed by atoms with van der Waals surface area (Å²) in [6.45, 7) is 8.92. The van der Waals surface area contributed by atoms with Crippen molar-refractivity contribution < 1.29 is 0 Å². The lowest BCUT2D eigenvalue weighted by atomic mass is 9.87. The number of hydrogen-bond donors (Lipinski definition) is 0. The molecule has 91 valence electrons. The van der Waals surface area contributed by atoms with E-state index in [-0.39, 0.29) is 5.92 Å². The Kier molecular flexibility index (Phi) is 4.82. The first-order valence-corrected chi connectivity index (χ1v) is 6.47. The number of benzene rings is 1. The Labute approximate surface area is 106 Å². The van der Waals surface area contributed by atoms with Gasteiger partial charge in [-0.25, -0.2) is 0 Å². The fraction of sp³-hybridized carbons (Fsp3) is 0.529. The smallest absolute Gasteiger partial charge is 0.0462 e. The summed E-state index contributed by atoms with van der Waals surface area (Å²) in [6.07, 6.45) is 10.6. The standard InChI is InChI=1S/C17H23/c1-6-8-15(7-2)16-11-9-14(10-12-16)13-17(3,4)5/h9-12,15H,6,8,13H2,1,3-5H3. The van der Waals surface area contributed by atoms with E-state index >= 15 is 0 Å². The van der Waals surface area contributed by atoms with Crippen molar-refractivity contribution in [1.82, 2.24) is 0 Å². The van der Waals surface area contributed by atoms with Crippen LogP contribution in [0.25, 0.3) is 0 Å². The van der Waals surface area contributed by atoms with Gasteiger partial charge in [0.1, 0.15) is 0 Å². The molecule has 0 aliphatic carbocycles. The van der Waals surface area contributed by atoms with Gasteiger partial charge in [-0.15, -0.1) is 0 Å². The molecule has 0 aliphatic rings. The van der Waals surface area contributed by atoms with Gasteiger partial charge in [0.15, 0.2) is 0 Å². The van der Waals surface area contributed by atoms with Crippen molar-refractivity contribution in [2.24, 2.45) is 5.41 Å². The van der Waals surface area contributed by atoms with Crippen LogP contribution in [0.1, 0.15) is 57.6 Å². The van der Waals surface area contributed by atoms with Gasteiger partial charge in [-0.3, -0.25) is 0 Å².